The predicted molar refractivity (Wildman–Crippen MR) is 100 cm³/mol. The van der Waals surface area contributed by atoms with Gasteiger partial charge in [0.1, 0.15) is 17.3 Å². The van der Waals surface area contributed by atoms with Crippen molar-refractivity contribution in [3.05, 3.63) is 47.1 Å². The Balaban J connectivity index is 1.68. The van der Waals surface area contributed by atoms with Crippen LogP contribution in [0.3, 0.4) is 0 Å². The first kappa shape index (κ1) is 20.3. The average Bonchev–Trinajstić information content (AvgIpc) is 3.05. The third-order valence-electron chi connectivity index (χ3n) is 4.96. The lowest BCUT2D eigenvalue weighted by atomic mass is 9.90. The molecule has 1 atom stereocenters. The van der Waals surface area contributed by atoms with Crippen LogP contribution in [-0.2, 0) is 17.9 Å². The van der Waals surface area contributed by atoms with Crippen molar-refractivity contribution in [2.24, 2.45) is 0 Å². The summed E-state index contributed by atoms with van der Waals surface area (Å²) >= 11 is 0. The molecule has 28 heavy (non-hydrogen) atoms. The van der Waals surface area contributed by atoms with Crippen LogP contribution in [0.25, 0.3) is 0 Å². The van der Waals surface area contributed by atoms with Crippen LogP contribution in [0.1, 0.15) is 29.9 Å². The molecule has 2 aromatic rings. The second-order valence-electron chi connectivity index (χ2n) is 7.42. The maximum absolute atomic E-state index is 14.2. The van der Waals surface area contributed by atoms with Crippen LogP contribution in [0, 0.1) is 12.7 Å². The number of aliphatic hydroxyl groups is 1. The molecule has 1 aromatic heterocycles. The van der Waals surface area contributed by atoms with Crippen molar-refractivity contribution >= 4 is 5.91 Å². The summed E-state index contributed by atoms with van der Waals surface area (Å²) in [6, 6.07) is 6.26. The van der Waals surface area contributed by atoms with E-state index in [2.05, 4.69) is 5.16 Å². The lowest BCUT2D eigenvalue weighted by Crippen LogP contribution is -2.57. The molecule has 2 heterocycles. The van der Waals surface area contributed by atoms with Gasteiger partial charge in [-0.05, 0) is 45.0 Å². The van der Waals surface area contributed by atoms with Crippen LogP contribution < -0.4 is 4.74 Å². The van der Waals surface area contributed by atoms with Crippen molar-refractivity contribution in [2.45, 2.75) is 38.5 Å². The number of benzene rings is 1. The third kappa shape index (κ3) is 4.51. The zero-order chi connectivity index (χ0) is 20.3. The van der Waals surface area contributed by atoms with E-state index in [0.29, 0.717) is 43.0 Å². The van der Waals surface area contributed by atoms with E-state index in [1.165, 1.54) is 24.1 Å². The number of hydrogen-bond acceptors (Lipinski definition) is 6. The second-order valence-corrected chi connectivity index (χ2v) is 7.42. The fourth-order valence-corrected chi connectivity index (χ4v) is 3.64. The third-order valence-corrected chi connectivity index (χ3v) is 4.96. The van der Waals surface area contributed by atoms with Crippen molar-refractivity contribution in [1.82, 2.24) is 15.0 Å². The number of rotatable bonds is 7. The summed E-state index contributed by atoms with van der Waals surface area (Å²) in [5.41, 5.74) is -0.410. The lowest BCUT2D eigenvalue weighted by Gasteiger charge is -2.40. The van der Waals surface area contributed by atoms with Crippen molar-refractivity contribution in [3.8, 4) is 5.75 Å². The molecular formula is C20H26FN3O4. The highest BCUT2D eigenvalue weighted by Gasteiger charge is 2.43. The zero-order valence-electron chi connectivity index (χ0n) is 16.4. The molecule has 1 unspecified atom stereocenters. The summed E-state index contributed by atoms with van der Waals surface area (Å²) in [5, 5.41) is 15.0. The van der Waals surface area contributed by atoms with Crippen molar-refractivity contribution < 1.29 is 23.6 Å². The molecule has 1 aliphatic heterocycles. The molecule has 1 aromatic carbocycles. The number of likely N-dealkylation sites (tertiary alicyclic amines) is 1. The molecule has 0 bridgehead atoms. The minimum atomic E-state index is -1.51. The van der Waals surface area contributed by atoms with Crippen LogP contribution >= 0.6 is 0 Å². The van der Waals surface area contributed by atoms with Crippen LogP contribution in [0.15, 0.2) is 28.8 Å². The van der Waals surface area contributed by atoms with E-state index in [9.17, 15) is 14.3 Å². The number of amides is 1. The maximum atomic E-state index is 14.2. The number of hydrogen-bond donors (Lipinski definition) is 1. The highest BCUT2D eigenvalue weighted by molar-refractivity contribution is 5.86. The molecule has 3 rings (SSSR count). The minimum Gasteiger partial charge on any atom is -0.497 e. The Morgan fingerprint density at radius 3 is 2.89 bits per heavy atom. The maximum Gasteiger partial charge on any atom is 0.256 e. The van der Waals surface area contributed by atoms with Gasteiger partial charge in [-0.25, -0.2) is 4.39 Å². The molecule has 1 aliphatic rings. The van der Waals surface area contributed by atoms with E-state index < -0.39 is 11.4 Å². The van der Waals surface area contributed by atoms with Crippen molar-refractivity contribution in [1.29, 1.82) is 0 Å². The van der Waals surface area contributed by atoms with Gasteiger partial charge in [0.05, 0.1) is 12.8 Å². The Hall–Kier alpha value is -2.45. The van der Waals surface area contributed by atoms with E-state index in [4.69, 9.17) is 9.26 Å². The molecule has 152 valence electrons. The van der Waals surface area contributed by atoms with Crippen LogP contribution in [0.4, 0.5) is 4.39 Å². The number of ether oxygens (including phenoxy) is 1. The topological polar surface area (TPSA) is 79.0 Å². The number of carbonyl (C=O) groups is 1. The van der Waals surface area contributed by atoms with E-state index in [1.54, 1.807) is 6.07 Å². The number of methoxy groups -OCH3 is 1. The number of piperidine rings is 1. The van der Waals surface area contributed by atoms with E-state index in [0.717, 1.165) is 5.69 Å². The number of aryl methyl sites for hydroxylation is 1. The minimum absolute atomic E-state index is 0.0936. The number of carbonyl (C=O) groups excluding carboxylic acids is 1. The van der Waals surface area contributed by atoms with Crippen molar-refractivity contribution in [3.63, 3.8) is 0 Å². The molecule has 0 spiro atoms. The highest BCUT2D eigenvalue weighted by Crippen LogP contribution is 2.27. The molecule has 1 N–H and O–H groups in total. The monoisotopic (exact) mass is 391 g/mol. The molecule has 0 aliphatic carbocycles. The zero-order valence-corrected chi connectivity index (χ0v) is 16.4. The number of nitrogens with zero attached hydrogens (tertiary/aromatic N) is 3. The van der Waals surface area contributed by atoms with Gasteiger partial charge in [0.15, 0.2) is 5.60 Å². The molecule has 0 radical (unpaired) electrons. The first-order valence-corrected chi connectivity index (χ1v) is 9.25. The first-order chi connectivity index (χ1) is 13.3. The molecule has 8 heteroatoms. The molecule has 1 saturated heterocycles. The Morgan fingerprint density at radius 1 is 1.43 bits per heavy atom. The summed E-state index contributed by atoms with van der Waals surface area (Å²) in [4.78, 5) is 16.3. The first-order valence-electron chi connectivity index (χ1n) is 9.25. The second kappa shape index (κ2) is 8.28. The number of likely N-dealkylation sites (N-methyl/N-ethyl adjacent to an activating group) is 1. The fraction of sp³-hybridized carbons (Fsp3) is 0.500. The van der Waals surface area contributed by atoms with Crippen LogP contribution in [0.2, 0.25) is 0 Å². The van der Waals surface area contributed by atoms with Gasteiger partial charge < -0.3 is 19.3 Å². The number of aromatic nitrogens is 1. The Labute approximate surface area is 163 Å². The van der Waals surface area contributed by atoms with Crippen LogP contribution in [-0.4, -0.2) is 58.8 Å². The van der Waals surface area contributed by atoms with Gasteiger partial charge in [-0.15, -0.1) is 0 Å². The SMILES string of the molecule is COc1ccc(F)c(CN2CCCC(O)(CN(C)Cc3cc(C)on3)C2=O)c1. The van der Waals surface area contributed by atoms with Gasteiger partial charge in [0.2, 0.25) is 0 Å². The summed E-state index contributed by atoms with van der Waals surface area (Å²) in [6.07, 6.45) is 1.01. The Bertz CT molecular complexity index is 841. The average molecular weight is 391 g/mol. The standard InChI is InChI=1S/C20H26FN3O4/c1-14-9-16(22-28-14)12-23(2)13-20(26)7-4-8-24(19(20)25)11-15-10-17(27-3)5-6-18(15)21/h5-6,9-10,26H,4,7-8,11-13H2,1-3H3. The van der Waals surface area contributed by atoms with Crippen molar-refractivity contribution in [2.75, 3.05) is 27.2 Å². The van der Waals surface area contributed by atoms with Gasteiger partial charge in [-0.3, -0.25) is 9.69 Å². The Morgan fingerprint density at radius 2 is 2.21 bits per heavy atom. The Kier molecular flexibility index (Phi) is 6.00. The van der Waals surface area contributed by atoms with Gasteiger partial charge in [0, 0.05) is 37.8 Å². The molecule has 1 fully saturated rings. The smallest absolute Gasteiger partial charge is 0.256 e. The lowest BCUT2D eigenvalue weighted by molar-refractivity contribution is -0.160. The highest BCUT2D eigenvalue weighted by atomic mass is 19.1. The van der Waals surface area contributed by atoms with Gasteiger partial charge in [0.25, 0.3) is 5.91 Å². The van der Waals surface area contributed by atoms with Gasteiger partial charge in [-0.1, -0.05) is 5.16 Å². The van der Waals surface area contributed by atoms with E-state index in [-0.39, 0.29) is 19.0 Å². The van der Waals surface area contributed by atoms with Gasteiger partial charge >= 0.3 is 0 Å². The van der Waals surface area contributed by atoms with E-state index >= 15 is 0 Å². The quantitative estimate of drug-likeness (QED) is 0.779. The summed E-state index contributed by atoms with van der Waals surface area (Å²) in [6.45, 7) is 3.00. The summed E-state index contributed by atoms with van der Waals surface area (Å²) in [5.74, 6) is 0.450. The fourth-order valence-electron chi connectivity index (χ4n) is 3.64. The largest absolute Gasteiger partial charge is 0.497 e. The number of halogens is 1. The molecule has 7 nitrogen and oxygen atoms in total. The summed E-state index contributed by atoms with van der Waals surface area (Å²) < 4.78 is 24.3. The normalized spacial score (nSPS) is 20.1. The van der Waals surface area contributed by atoms with Gasteiger partial charge in [-0.2, -0.15) is 0 Å². The molecule has 0 saturated carbocycles. The predicted octanol–water partition coefficient (Wildman–Crippen LogP) is 2.12. The van der Waals surface area contributed by atoms with E-state index in [1.807, 2.05) is 24.9 Å². The summed E-state index contributed by atoms with van der Waals surface area (Å²) in [7, 11) is 3.32. The molecular weight excluding hydrogens is 365 g/mol. The van der Waals surface area contributed by atoms with Crippen LogP contribution in [0.5, 0.6) is 5.75 Å². The molecule has 1 amide bonds.